The fraction of sp³-hybridized carbons (Fsp3) is 0.400. The second kappa shape index (κ2) is 2.26. The Morgan fingerprint density at radius 1 is 1.36 bits per heavy atom. The number of fused-ring (bicyclic) bond motifs is 1. The first-order chi connectivity index (χ1) is 5.27. The van der Waals surface area contributed by atoms with Crippen molar-refractivity contribution in [3.05, 3.63) is 29.3 Å². The van der Waals surface area contributed by atoms with Gasteiger partial charge in [0.05, 0.1) is 0 Å². The summed E-state index contributed by atoms with van der Waals surface area (Å²) in [5, 5.41) is 9.45. The summed E-state index contributed by atoms with van der Waals surface area (Å²) in [5.74, 6) is 1.19. The van der Waals surface area contributed by atoms with E-state index in [2.05, 4.69) is 13.0 Å². The van der Waals surface area contributed by atoms with E-state index in [9.17, 15) is 5.11 Å². The van der Waals surface area contributed by atoms with Gasteiger partial charge in [0.15, 0.2) is 0 Å². The highest BCUT2D eigenvalue weighted by atomic mass is 16.3. The van der Waals surface area contributed by atoms with E-state index in [4.69, 9.17) is 0 Å². The van der Waals surface area contributed by atoms with Gasteiger partial charge in [0, 0.05) is 0 Å². The summed E-state index contributed by atoms with van der Waals surface area (Å²) < 4.78 is 0. The van der Waals surface area contributed by atoms with Gasteiger partial charge in [-0.25, -0.2) is 0 Å². The summed E-state index contributed by atoms with van der Waals surface area (Å²) in [6.45, 7) is 2.22. The molecule has 2 rings (SSSR count). The minimum absolute atomic E-state index is 0.479. The lowest BCUT2D eigenvalue weighted by Crippen LogP contribution is -1.89. The van der Waals surface area contributed by atoms with Crippen LogP contribution in [0.2, 0.25) is 0 Å². The average Bonchev–Trinajstić information content (AvgIpc) is 2.31. The molecule has 0 fully saturated rings. The van der Waals surface area contributed by atoms with Crippen LogP contribution in [-0.2, 0) is 12.8 Å². The Labute approximate surface area is 66.7 Å². The zero-order valence-corrected chi connectivity index (χ0v) is 6.67. The van der Waals surface area contributed by atoms with Crippen molar-refractivity contribution >= 4 is 0 Å². The molecule has 0 heterocycles. The van der Waals surface area contributed by atoms with E-state index in [0.717, 1.165) is 12.8 Å². The van der Waals surface area contributed by atoms with Gasteiger partial charge in [-0.15, -0.1) is 0 Å². The second-order valence-electron chi connectivity index (χ2n) is 3.43. The topological polar surface area (TPSA) is 20.2 Å². The van der Waals surface area contributed by atoms with Crippen LogP contribution in [0.15, 0.2) is 18.2 Å². The number of rotatable bonds is 0. The molecule has 0 aromatic heterocycles. The van der Waals surface area contributed by atoms with Gasteiger partial charge in [-0.1, -0.05) is 19.1 Å². The Balaban J connectivity index is 2.49. The van der Waals surface area contributed by atoms with E-state index in [1.165, 1.54) is 11.1 Å². The smallest absolute Gasteiger partial charge is 0.119 e. The maximum Gasteiger partial charge on any atom is 0.119 e. The molecule has 0 radical (unpaired) electrons. The fourth-order valence-electron chi connectivity index (χ4n) is 1.84. The van der Waals surface area contributed by atoms with Gasteiger partial charge in [0.25, 0.3) is 0 Å². The third kappa shape index (κ3) is 1.01. The Hall–Kier alpha value is -0.980. The zero-order chi connectivity index (χ0) is 7.84. The number of hydrogen-bond donors (Lipinski definition) is 1. The Bertz CT molecular complexity index is 278. The molecule has 0 spiro atoms. The van der Waals surface area contributed by atoms with Gasteiger partial charge in [0.2, 0.25) is 0 Å². The number of benzene rings is 1. The van der Waals surface area contributed by atoms with Crippen molar-refractivity contribution in [3.8, 4) is 5.75 Å². The third-order valence-corrected chi connectivity index (χ3v) is 2.37. The molecule has 1 aliphatic carbocycles. The second-order valence-corrected chi connectivity index (χ2v) is 3.43. The molecule has 1 N–H and O–H groups in total. The monoisotopic (exact) mass is 148 g/mol. The first-order valence-corrected chi connectivity index (χ1v) is 4.07. The van der Waals surface area contributed by atoms with Crippen LogP contribution in [-0.4, -0.2) is 5.11 Å². The molecule has 58 valence electrons. The molecular formula is C10H12O. The highest BCUT2D eigenvalue weighted by Crippen LogP contribution is 2.32. The minimum atomic E-state index is 0.479. The lowest BCUT2D eigenvalue weighted by Gasteiger charge is -1.99. The molecule has 1 heteroatoms. The standard InChI is InChI=1S/C10H12O/c1-7-5-8-3-2-4-10(11)9(8)6-7/h2-4,7,11H,5-6H2,1H3/t7-/m0/s1. The van der Waals surface area contributed by atoms with Crippen LogP contribution in [0.5, 0.6) is 5.75 Å². The molecule has 1 atom stereocenters. The molecule has 11 heavy (non-hydrogen) atoms. The van der Waals surface area contributed by atoms with E-state index >= 15 is 0 Å². The van der Waals surface area contributed by atoms with E-state index in [1.807, 2.05) is 6.07 Å². The highest BCUT2D eigenvalue weighted by molar-refractivity contribution is 5.42. The molecule has 0 saturated heterocycles. The lowest BCUT2D eigenvalue weighted by molar-refractivity contribution is 0.466. The van der Waals surface area contributed by atoms with Gasteiger partial charge >= 0.3 is 0 Å². The molecule has 1 aromatic carbocycles. The van der Waals surface area contributed by atoms with Gasteiger partial charge in [0.1, 0.15) is 5.75 Å². The summed E-state index contributed by atoms with van der Waals surface area (Å²) in [6.07, 6.45) is 2.17. The molecule has 0 amide bonds. The largest absolute Gasteiger partial charge is 0.508 e. The quantitative estimate of drug-likeness (QED) is 0.597. The average molecular weight is 148 g/mol. The first kappa shape index (κ1) is 6.71. The summed E-state index contributed by atoms with van der Waals surface area (Å²) in [7, 11) is 0. The van der Waals surface area contributed by atoms with Gasteiger partial charge in [-0.2, -0.15) is 0 Å². The van der Waals surface area contributed by atoms with Crippen molar-refractivity contribution < 1.29 is 5.11 Å². The highest BCUT2D eigenvalue weighted by Gasteiger charge is 2.19. The molecule has 1 aromatic rings. The molecule has 0 bridgehead atoms. The fourth-order valence-corrected chi connectivity index (χ4v) is 1.84. The van der Waals surface area contributed by atoms with E-state index in [0.29, 0.717) is 11.7 Å². The molecule has 0 unspecified atom stereocenters. The van der Waals surface area contributed by atoms with Crippen LogP contribution < -0.4 is 0 Å². The SMILES string of the molecule is C[C@H]1Cc2cccc(O)c2C1. The van der Waals surface area contributed by atoms with Crippen molar-refractivity contribution in [3.63, 3.8) is 0 Å². The van der Waals surface area contributed by atoms with Crippen LogP contribution in [0.4, 0.5) is 0 Å². The number of phenols is 1. The minimum Gasteiger partial charge on any atom is -0.508 e. The van der Waals surface area contributed by atoms with Gasteiger partial charge < -0.3 is 5.11 Å². The Kier molecular flexibility index (Phi) is 1.38. The number of phenolic OH excluding ortho intramolecular Hbond substituents is 1. The maximum atomic E-state index is 9.45. The summed E-state index contributed by atoms with van der Waals surface area (Å²) in [6, 6.07) is 5.81. The van der Waals surface area contributed by atoms with Gasteiger partial charge in [-0.3, -0.25) is 0 Å². The predicted octanol–water partition coefficient (Wildman–Crippen LogP) is 2.13. The van der Waals surface area contributed by atoms with Gasteiger partial charge in [-0.05, 0) is 36.0 Å². The molecule has 0 saturated carbocycles. The third-order valence-electron chi connectivity index (χ3n) is 2.37. The maximum absolute atomic E-state index is 9.45. The lowest BCUT2D eigenvalue weighted by atomic mass is 10.1. The Morgan fingerprint density at radius 2 is 2.18 bits per heavy atom. The number of aromatic hydroxyl groups is 1. The van der Waals surface area contributed by atoms with Crippen molar-refractivity contribution in [1.29, 1.82) is 0 Å². The molecule has 0 aliphatic heterocycles. The predicted molar refractivity (Wildman–Crippen MR) is 44.7 cm³/mol. The molecular weight excluding hydrogens is 136 g/mol. The summed E-state index contributed by atoms with van der Waals surface area (Å²) in [5.41, 5.74) is 2.50. The van der Waals surface area contributed by atoms with E-state index < -0.39 is 0 Å². The van der Waals surface area contributed by atoms with Crippen LogP contribution >= 0.6 is 0 Å². The van der Waals surface area contributed by atoms with E-state index in [1.54, 1.807) is 6.07 Å². The van der Waals surface area contributed by atoms with Crippen LogP contribution in [0.3, 0.4) is 0 Å². The van der Waals surface area contributed by atoms with Crippen LogP contribution in [0.25, 0.3) is 0 Å². The van der Waals surface area contributed by atoms with Crippen molar-refractivity contribution in [2.45, 2.75) is 19.8 Å². The van der Waals surface area contributed by atoms with Crippen molar-refractivity contribution in [1.82, 2.24) is 0 Å². The van der Waals surface area contributed by atoms with Crippen LogP contribution in [0, 0.1) is 5.92 Å². The molecule has 1 aliphatic rings. The van der Waals surface area contributed by atoms with Crippen molar-refractivity contribution in [2.24, 2.45) is 5.92 Å². The number of hydrogen-bond acceptors (Lipinski definition) is 1. The van der Waals surface area contributed by atoms with E-state index in [-0.39, 0.29) is 0 Å². The first-order valence-electron chi connectivity index (χ1n) is 4.07. The van der Waals surface area contributed by atoms with Crippen LogP contribution in [0.1, 0.15) is 18.1 Å². The normalized spacial score (nSPS) is 21.7. The summed E-state index contributed by atoms with van der Waals surface area (Å²) >= 11 is 0. The van der Waals surface area contributed by atoms with Crippen molar-refractivity contribution in [2.75, 3.05) is 0 Å². The molecule has 1 nitrogen and oxygen atoms in total. The Morgan fingerprint density at radius 3 is 2.91 bits per heavy atom. The summed E-state index contributed by atoms with van der Waals surface area (Å²) in [4.78, 5) is 0. The zero-order valence-electron chi connectivity index (χ0n) is 6.67.